The number of carbonyl (C=O) groups is 1. The fourth-order valence-corrected chi connectivity index (χ4v) is 0.867. The predicted octanol–water partition coefficient (Wildman–Crippen LogP) is 0.851. The number of methoxy groups -OCH3 is 1. The Morgan fingerprint density at radius 1 is 1.62 bits per heavy atom. The summed E-state index contributed by atoms with van der Waals surface area (Å²) in [7, 11) is 1.63. The minimum Gasteiger partial charge on any atom is -0.385 e. The number of Topliss-reactive ketones (excluding diaryl/α,β-unsaturated/α-hetero) is 1. The molecular formula is C8H12N2O3. The summed E-state index contributed by atoms with van der Waals surface area (Å²) in [5.74, 6) is 0.455. The fraction of sp³-hybridized carbons (Fsp3) is 0.625. The lowest BCUT2D eigenvalue weighted by Gasteiger charge is -1.92. The number of aromatic nitrogens is 2. The first-order valence-corrected chi connectivity index (χ1v) is 4.06. The van der Waals surface area contributed by atoms with Gasteiger partial charge in [-0.05, 0) is 6.42 Å². The van der Waals surface area contributed by atoms with Crippen LogP contribution in [0.1, 0.15) is 29.9 Å². The van der Waals surface area contributed by atoms with Crippen molar-refractivity contribution in [1.29, 1.82) is 0 Å². The molecule has 0 aliphatic rings. The molecule has 0 radical (unpaired) electrons. The molecule has 0 fully saturated rings. The molecule has 0 saturated carbocycles. The second-order valence-corrected chi connectivity index (χ2v) is 2.66. The minimum atomic E-state index is -0.179. The van der Waals surface area contributed by atoms with Crippen molar-refractivity contribution in [1.82, 2.24) is 10.1 Å². The van der Waals surface area contributed by atoms with Gasteiger partial charge in [-0.15, -0.1) is 0 Å². The third-order valence-corrected chi connectivity index (χ3v) is 1.52. The molecule has 0 N–H and O–H groups in total. The Hall–Kier alpha value is -1.23. The molecule has 5 nitrogen and oxygen atoms in total. The maximum Gasteiger partial charge on any atom is 0.238 e. The molecule has 72 valence electrons. The molecule has 0 aromatic carbocycles. The van der Waals surface area contributed by atoms with Crippen molar-refractivity contribution in [3.63, 3.8) is 0 Å². The van der Waals surface area contributed by atoms with E-state index in [1.165, 1.54) is 6.92 Å². The highest BCUT2D eigenvalue weighted by atomic mass is 16.5. The lowest BCUT2D eigenvalue weighted by atomic mass is 10.3. The minimum absolute atomic E-state index is 0.146. The Kier molecular flexibility index (Phi) is 3.57. The van der Waals surface area contributed by atoms with Crippen molar-refractivity contribution >= 4 is 5.78 Å². The first-order valence-electron chi connectivity index (χ1n) is 4.06. The van der Waals surface area contributed by atoms with Crippen LogP contribution in [0.3, 0.4) is 0 Å². The maximum atomic E-state index is 10.8. The summed E-state index contributed by atoms with van der Waals surface area (Å²) in [5.41, 5.74) is 0. The molecule has 13 heavy (non-hydrogen) atoms. The van der Waals surface area contributed by atoms with Crippen LogP contribution >= 0.6 is 0 Å². The molecule has 5 heteroatoms. The first kappa shape index (κ1) is 9.85. The number of ether oxygens (including phenoxy) is 1. The number of hydrogen-bond acceptors (Lipinski definition) is 5. The summed E-state index contributed by atoms with van der Waals surface area (Å²) in [6.45, 7) is 2.06. The van der Waals surface area contributed by atoms with Gasteiger partial charge in [0.25, 0.3) is 0 Å². The number of rotatable bonds is 5. The average molecular weight is 184 g/mol. The van der Waals surface area contributed by atoms with Gasteiger partial charge < -0.3 is 9.26 Å². The first-order chi connectivity index (χ1) is 6.24. The van der Waals surface area contributed by atoms with E-state index in [0.29, 0.717) is 18.9 Å². The van der Waals surface area contributed by atoms with Crippen LogP contribution in [0.15, 0.2) is 4.52 Å². The molecule has 1 heterocycles. The van der Waals surface area contributed by atoms with Gasteiger partial charge in [-0.1, -0.05) is 5.16 Å². The molecule has 1 aromatic heterocycles. The maximum absolute atomic E-state index is 10.8. The summed E-state index contributed by atoms with van der Waals surface area (Å²) < 4.78 is 9.70. The quantitative estimate of drug-likeness (QED) is 0.501. The molecule has 0 bridgehead atoms. The van der Waals surface area contributed by atoms with Gasteiger partial charge in [0.1, 0.15) is 0 Å². The lowest BCUT2D eigenvalue weighted by Crippen LogP contribution is -1.96. The zero-order chi connectivity index (χ0) is 9.68. The zero-order valence-electron chi connectivity index (χ0n) is 7.74. The van der Waals surface area contributed by atoms with Gasteiger partial charge in [-0.2, -0.15) is 4.98 Å². The van der Waals surface area contributed by atoms with E-state index in [-0.39, 0.29) is 11.6 Å². The summed E-state index contributed by atoms with van der Waals surface area (Å²) in [6.07, 6.45) is 1.46. The van der Waals surface area contributed by atoms with Crippen molar-refractivity contribution in [2.75, 3.05) is 13.7 Å². The van der Waals surface area contributed by atoms with Crippen molar-refractivity contribution in [2.45, 2.75) is 19.8 Å². The number of nitrogens with zero attached hydrogens (tertiary/aromatic N) is 2. The molecule has 0 amide bonds. The summed E-state index contributed by atoms with van der Waals surface area (Å²) >= 11 is 0. The van der Waals surface area contributed by atoms with Crippen LogP contribution in [0.4, 0.5) is 0 Å². The molecule has 0 aliphatic heterocycles. The van der Waals surface area contributed by atoms with Crippen molar-refractivity contribution in [3.8, 4) is 0 Å². The molecule has 0 atom stereocenters. The highest BCUT2D eigenvalue weighted by molar-refractivity contribution is 5.89. The van der Waals surface area contributed by atoms with E-state index < -0.39 is 0 Å². The van der Waals surface area contributed by atoms with Gasteiger partial charge in [-0.25, -0.2) is 0 Å². The molecule has 0 unspecified atom stereocenters. The third-order valence-electron chi connectivity index (χ3n) is 1.52. The van der Waals surface area contributed by atoms with Gasteiger partial charge in [0.05, 0.1) is 0 Å². The Morgan fingerprint density at radius 2 is 2.38 bits per heavy atom. The number of hydrogen-bond donors (Lipinski definition) is 0. The van der Waals surface area contributed by atoms with Crippen LogP contribution in [0, 0.1) is 0 Å². The number of ketones is 1. The SMILES string of the molecule is COCCCc1nc(C(C)=O)no1. The highest BCUT2D eigenvalue weighted by Crippen LogP contribution is 2.01. The largest absolute Gasteiger partial charge is 0.385 e. The highest BCUT2D eigenvalue weighted by Gasteiger charge is 2.08. The van der Waals surface area contributed by atoms with Gasteiger partial charge in [-0.3, -0.25) is 4.79 Å². The van der Waals surface area contributed by atoms with Crippen LogP contribution in [0.5, 0.6) is 0 Å². The van der Waals surface area contributed by atoms with E-state index in [4.69, 9.17) is 9.26 Å². The van der Waals surface area contributed by atoms with Crippen LogP contribution in [-0.2, 0) is 11.2 Å². The monoisotopic (exact) mass is 184 g/mol. The van der Waals surface area contributed by atoms with Crippen molar-refractivity contribution in [3.05, 3.63) is 11.7 Å². The second-order valence-electron chi connectivity index (χ2n) is 2.66. The molecule has 0 saturated heterocycles. The molecular weight excluding hydrogens is 172 g/mol. The van der Waals surface area contributed by atoms with Crippen LogP contribution < -0.4 is 0 Å². The van der Waals surface area contributed by atoms with E-state index in [1.54, 1.807) is 7.11 Å². The molecule has 0 aliphatic carbocycles. The molecule has 1 rings (SSSR count). The molecule has 0 spiro atoms. The van der Waals surface area contributed by atoms with E-state index in [1.807, 2.05) is 0 Å². The predicted molar refractivity (Wildman–Crippen MR) is 44.5 cm³/mol. The summed E-state index contributed by atoms with van der Waals surface area (Å²) in [6, 6.07) is 0. The fourth-order valence-electron chi connectivity index (χ4n) is 0.867. The summed E-state index contributed by atoms with van der Waals surface area (Å²) in [4.78, 5) is 14.7. The van der Waals surface area contributed by atoms with E-state index >= 15 is 0 Å². The van der Waals surface area contributed by atoms with Crippen LogP contribution in [-0.4, -0.2) is 29.6 Å². The lowest BCUT2D eigenvalue weighted by molar-refractivity contribution is 0.100. The third kappa shape index (κ3) is 2.95. The topological polar surface area (TPSA) is 65.2 Å². The van der Waals surface area contributed by atoms with Gasteiger partial charge >= 0.3 is 0 Å². The van der Waals surface area contributed by atoms with E-state index in [2.05, 4.69) is 10.1 Å². The smallest absolute Gasteiger partial charge is 0.238 e. The number of carbonyl (C=O) groups excluding carboxylic acids is 1. The van der Waals surface area contributed by atoms with Gasteiger partial charge in [0.15, 0.2) is 0 Å². The Morgan fingerprint density at radius 3 is 2.92 bits per heavy atom. The standard InChI is InChI=1S/C8H12N2O3/c1-6(11)8-9-7(13-10-8)4-3-5-12-2/h3-5H2,1-2H3. The van der Waals surface area contributed by atoms with E-state index in [0.717, 1.165) is 6.42 Å². The van der Waals surface area contributed by atoms with Gasteiger partial charge in [0, 0.05) is 27.1 Å². The van der Waals surface area contributed by atoms with Crippen LogP contribution in [0.25, 0.3) is 0 Å². The van der Waals surface area contributed by atoms with Crippen LogP contribution in [0.2, 0.25) is 0 Å². The zero-order valence-corrected chi connectivity index (χ0v) is 7.74. The Bertz CT molecular complexity index is 283. The second kappa shape index (κ2) is 4.71. The summed E-state index contributed by atoms with van der Waals surface area (Å²) in [5, 5.41) is 3.52. The Labute approximate surface area is 76.1 Å². The van der Waals surface area contributed by atoms with Gasteiger partial charge in [0.2, 0.25) is 17.5 Å². The average Bonchev–Trinajstić information content (AvgIpc) is 2.53. The Balaban J connectivity index is 2.44. The van der Waals surface area contributed by atoms with E-state index in [9.17, 15) is 4.79 Å². The van der Waals surface area contributed by atoms with Crippen molar-refractivity contribution < 1.29 is 14.1 Å². The molecule has 1 aromatic rings. The van der Waals surface area contributed by atoms with Crippen molar-refractivity contribution in [2.24, 2.45) is 0 Å². The normalized spacial score (nSPS) is 10.3. The number of aryl methyl sites for hydroxylation is 1.